The first-order valence-corrected chi connectivity index (χ1v) is 12.5. The second-order valence-corrected chi connectivity index (χ2v) is 9.59. The molecular formula is C28H37FN2O2. The number of ether oxygens (including phenoxy) is 1. The van der Waals surface area contributed by atoms with Crippen molar-refractivity contribution < 1.29 is 13.9 Å². The fourth-order valence-corrected chi connectivity index (χ4v) is 5.48. The van der Waals surface area contributed by atoms with Crippen molar-refractivity contribution in [2.75, 3.05) is 38.2 Å². The first-order valence-electron chi connectivity index (χ1n) is 12.5. The minimum atomic E-state index is -0.267. The van der Waals surface area contributed by atoms with Crippen molar-refractivity contribution in [2.45, 2.75) is 57.3 Å². The molecule has 1 aliphatic heterocycles. The Morgan fingerprint density at radius 1 is 1.00 bits per heavy atom. The summed E-state index contributed by atoms with van der Waals surface area (Å²) in [5, 5.41) is 0. The van der Waals surface area contributed by atoms with Crippen LogP contribution >= 0.6 is 0 Å². The number of nitrogens with zero attached hydrogens (tertiary/aromatic N) is 2. The van der Waals surface area contributed by atoms with Gasteiger partial charge < -0.3 is 14.5 Å². The van der Waals surface area contributed by atoms with Crippen molar-refractivity contribution in [2.24, 2.45) is 5.92 Å². The second kappa shape index (κ2) is 11.6. The molecule has 0 spiro atoms. The van der Waals surface area contributed by atoms with E-state index in [4.69, 9.17) is 4.74 Å². The zero-order chi connectivity index (χ0) is 23.0. The highest BCUT2D eigenvalue weighted by molar-refractivity contribution is 5.93. The molecule has 0 unspecified atom stereocenters. The van der Waals surface area contributed by atoms with E-state index in [9.17, 15) is 9.18 Å². The number of hydrogen-bond acceptors (Lipinski definition) is 3. The molecule has 33 heavy (non-hydrogen) atoms. The first kappa shape index (κ1) is 23.7. The third-order valence-electron chi connectivity index (χ3n) is 7.43. The minimum Gasteiger partial charge on any atom is -0.496 e. The number of rotatable bonds is 8. The summed E-state index contributed by atoms with van der Waals surface area (Å²) in [6.07, 6.45) is 8.84. The van der Waals surface area contributed by atoms with E-state index in [1.807, 2.05) is 17.0 Å². The maximum Gasteiger partial charge on any atom is 0.227 e. The summed E-state index contributed by atoms with van der Waals surface area (Å²) in [4.78, 5) is 17.6. The van der Waals surface area contributed by atoms with E-state index in [0.29, 0.717) is 24.8 Å². The molecule has 2 aromatic carbocycles. The highest BCUT2D eigenvalue weighted by atomic mass is 19.1. The number of hydrogen-bond donors (Lipinski definition) is 0. The van der Waals surface area contributed by atoms with Crippen LogP contribution in [0, 0.1) is 11.7 Å². The number of halogens is 1. The third kappa shape index (κ3) is 6.35. The van der Waals surface area contributed by atoms with Crippen LogP contribution in [0.5, 0.6) is 5.75 Å². The van der Waals surface area contributed by atoms with Crippen molar-refractivity contribution in [3.8, 4) is 5.75 Å². The zero-order valence-corrected chi connectivity index (χ0v) is 19.8. The summed E-state index contributed by atoms with van der Waals surface area (Å²) >= 11 is 0. The predicted octanol–water partition coefficient (Wildman–Crippen LogP) is 6.02. The van der Waals surface area contributed by atoms with Gasteiger partial charge in [-0.2, -0.15) is 0 Å². The molecule has 1 amide bonds. The number of para-hydroxylation sites is 1. The number of piperidine rings is 1. The number of likely N-dealkylation sites (tertiary alicyclic amines) is 1. The van der Waals surface area contributed by atoms with E-state index in [-0.39, 0.29) is 11.7 Å². The lowest BCUT2D eigenvalue weighted by Crippen LogP contribution is -2.42. The number of carbonyl (C=O) groups is 1. The molecule has 0 radical (unpaired) electrons. The Morgan fingerprint density at radius 2 is 1.70 bits per heavy atom. The number of anilines is 1. The first-order chi connectivity index (χ1) is 16.1. The van der Waals surface area contributed by atoms with Crippen LogP contribution in [0.25, 0.3) is 0 Å². The Labute approximate surface area is 197 Å². The molecule has 2 fully saturated rings. The minimum absolute atomic E-state index is 0.178. The smallest absolute Gasteiger partial charge is 0.227 e. The van der Waals surface area contributed by atoms with Crippen LogP contribution in [0.3, 0.4) is 0 Å². The van der Waals surface area contributed by atoms with Crippen LogP contribution in [0.2, 0.25) is 0 Å². The monoisotopic (exact) mass is 452 g/mol. The standard InChI is InChI=1S/C28H37FN2O2/c1-33-27-10-6-5-9-26(27)23-15-17-30(18-16-23)19-20-31(25-13-11-24(29)12-14-25)28(32)21-22-7-3-2-4-8-22/h5-6,9-14,22-23H,2-4,7-8,15-21H2,1H3. The highest BCUT2D eigenvalue weighted by Crippen LogP contribution is 2.34. The number of methoxy groups -OCH3 is 1. The Hall–Kier alpha value is -2.40. The fraction of sp³-hybridized carbons (Fsp3) is 0.536. The number of carbonyl (C=O) groups excluding carboxylic acids is 1. The number of amides is 1. The summed E-state index contributed by atoms with van der Waals surface area (Å²) in [7, 11) is 1.74. The van der Waals surface area contributed by atoms with Crippen LogP contribution in [-0.4, -0.2) is 44.1 Å². The molecular weight excluding hydrogens is 415 g/mol. The SMILES string of the molecule is COc1ccccc1C1CCN(CCN(C(=O)CC2CCCCC2)c2ccc(F)cc2)CC1. The predicted molar refractivity (Wildman–Crippen MR) is 131 cm³/mol. The lowest BCUT2D eigenvalue weighted by molar-refractivity contribution is -0.119. The molecule has 4 rings (SSSR count). The van der Waals surface area contributed by atoms with Gasteiger partial charge in [0.2, 0.25) is 5.91 Å². The average molecular weight is 453 g/mol. The van der Waals surface area contributed by atoms with Crippen LogP contribution in [-0.2, 0) is 4.79 Å². The average Bonchev–Trinajstić information content (AvgIpc) is 2.86. The maximum atomic E-state index is 13.5. The molecule has 0 aromatic heterocycles. The Kier molecular flexibility index (Phi) is 8.38. The molecule has 2 aromatic rings. The molecule has 5 heteroatoms. The van der Waals surface area contributed by atoms with Gasteiger partial charge in [-0.25, -0.2) is 4.39 Å². The fourth-order valence-electron chi connectivity index (χ4n) is 5.48. The normalized spacial score (nSPS) is 18.2. The van der Waals surface area contributed by atoms with E-state index in [1.54, 1.807) is 19.2 Å². The second-order valence-electron chi connectivity index (χ2n) is 9.59. The molecule has 1 saturated heterocycles. The van der Waals surface area contributed by atoms with Gasteiger partial charge in [0.05, 0.1) is 7.11 Å². The summed E-state index contributed by atoms with van der Waals surface area (Å²) in [5.74, 6) is 1.89. The zero-order valence-electron chi connectivity index (χ0n) is 19.8. The molecule has 0 N–H and O–H groups in total. The van der Waals surface area contributed by atoms with Gasteiger partial charge in [0.15, 0.2) is 0 Å². The maximum absolute atomic E-state index is 13.5. The van der Waals surface area contributed by atoms with Crippen molar-refractivity contribution in [3.63, 3.8) is 0 Å². The molecule has 178 valence electrons. The van der Waals surface area contributed by atoms with E-state index in [2.05, 4.69) is 17.0 Å². The Morgan fingerprint density at radius 3 is 2.39 bits per heavy atom. The van der Waals surface area contributed by atoms with Gasteiger partial charge in [-0.05, 0) is 86.5 Å². The molecule has 0 atom stereocenters. The lowest BCUT2D eigenvalue weighted by atomic mass is 9.86. The molecule has 2 aliphatic rings. The summed E-state index contributed by atoms with van der Waals surface area (Å²) in [6, 6.07) is 14.7. The van der Waals surface area contributed by atoms with E-state index in [0.717, 1.165) is 56.8 Å². The van der Waals surface area contributed by atoms with Gasteiger partial charge in [0.25, 0.3) is 0 Å². The van der Waals surface area contributed by atoms with Crippen LogP contribution in [0.1, 0.15) is 62.8 Å². The molecule has 4 nitrogen and oxygen atoms in total. The van der Waals surface area contributed by atoms with Crippen LogP contribution in [0.15, 0.2) is 48.5 Å². The number of benzene rings is 2. The molecule has 1 heterocycles. The van der Waals surface area contributed by atoms with Gasteiger partial charge >= 0.3 is 0 Å². The van der Waals surface area contributed by atoms with Gasteiger partial charge in [0, 0.05) is 25.2 Å². The quantitative estimate of drug-likeness (QED) is 0.491. The van der Waals surface area contributed by atoms with Crippen LogP contribution in [0.4, 0.5) is 10.1 Å². The summed E-state index contributed by atoms with van der Waals surface area (Å²) in [6.45, 7) is 3.51. The Balaban J connectivity index is 1.35. The Bertz CT molecular complexity index is 887. The largest absolute Gasteiger partial charge is 0.496 e. The van der Waals surface area contributed by atoms with Crippen molar-refractivity contribution in [3.05, 3.63) is 59.9 Å². The van der Waals surface area contributed by atoms with E-state index in [1.165, 1.54) is 37.0 Å². The molecule has 0 bridgehead atoms. The van der Waals surface area contributed by atoms with Crippen molar-refractivity contribution in [1.29, 1.82) is 0 Å². The van der Waals surface area contributed by atoms with Gasteiger partial charge in [-0.3, -0.25) is 4.79 Å². The molecule has 1 saturated carbocycles. The van der Waals surface area contributed by atoms with E-state index < -0.39 is 0 Å². The van der Waals surface area contributed by atoms with Crippen molar-refractivity contribution in [1.82, 2.24) is 4.90 Å². The van der Waals surface area contributed by atoms with Gasteiger partial charge in [0.1, 0.15) is 11.6 Å². The molecule has 1 aliphatic carbocycles. The van der Waals surface area contributed by atoms with Crippen molar-refractivity contribution >= 4 is 11.6 Å². The topological polar surface area (TPSA) is 32.8 Å². The highest BCUT2D eigenvalue weighted by Gasteiger charge is 2.25. The summed E-state index contributed by atoms with van der Waals surface area (Å²) < 4.78 is 19.1. The van der Waals surface area contributed by atoms with Crippen LogP contribution < -0.4 is 9.64 Å². The lowest BCUT2D eigenvalue weighted by Gasteiger charge is -2.34. The van der Waals surface area contributed by atoms with E-state index >= 15 is 0 Å². The summed E-state index contributed by atoms with van der Waals surface area (Å²) in [5.41, 5.74) is 2.11. The van der Waals surface area contributed by atoms with Gasteiger partial charge in [-0.15, -0.1) is 0 Å². The third-order valence-corrected chi connectivity index (χ3v) is 7.43. The van der Waals surface area contributed by atoms with Gasteiger partial charge in [-0.1, -0.05) is 37.5 Å².